The maximum absolute atomic E-state index is 11.9. The van der Waals surface area contributed by atoms with Crippen molar-refractivity contribution in [2.75, 3.05) is 12.3 Å². The van der Waals surface area contributed by atoms with E-state index in [0.717, 1.165) is 5.41 Å². The lowest BCUT2D eigenvalue weighted by Gasteiger charge is -2.17. The van der Waals surface area contributed by atoms with Crippen molar-refractivity contribution in [2.24, 2.45) is 5.73 Å². The number of rotatable bonds is 12. The molecule has 0 aromatic rings. The first kappa shape index (κ1) is 23.2. The van der Waals surface area contributed by atoms with Gasteiger partial charge in [-0.15, -0.1) is 11.8 Å². The van der Waals surface area contributed by atoms with Crippen molar-refractivity contribution in [1.29, 1.82) is 0 Å². The predicted octanol–water partition coefficient (Wildman–Crippen LogP) is -1.92. The first-order valence-corrected chi connectivity index (χ1v) is 8.10. The Bertz CT molecular complexity index is 593. The number of nitrogens with two attached hydrogens (primary N) is 1. The molecule has 2 atom stereocenters. The highest BCUT2D eigenvalue weighted by atomic mass is 32.2. The zero-order valence-corrected chi connectivity index (χ0v) is 14.2. The molecule has 2 unspecified atom stereocenters. The van der Waals surface area contributed by atoms with E-state index in [2.05, 4.69) is 5.32 Å². The van der Waals surface area contributed by atoms with Crippen molar-refractivity contribution in [3.8, 4) is 0 Å². The van der Waals surface area contributed by atoms with Gasteiger partial charge in [0.2, 0.25) is 17.6 Å². The quantitative estimate of drug-likeness (QED) is 0.143. The highest BCUT2D eigenvalue weighted by molar-refractivity contribution is 8.02. The summed E-state index contributed by atoms with van der Waals surface area (Å²) in [6.45, 7) is -0.698. The topological polar surface area (TPSA) is 216 Å². The second kappa shape index (κ2) is 11.7. The van der Waals surface area contributed by atoms with Crippen LogP contribution in [0.3, 0.4) is 0 Å². The van der Waals surface area contributed by atoms with Gasteiger partial charge in [-0.2, -0.15) is 0 Å². The Hall–Kier alpha value is -2.80. The van der Waals surface area contributed by atoms with Crippen LogP contribution in [0, 0.1) is 0 Å². The molecule has 0 aromatic carbocycles. The molecule has 0 heterocycles. The average Bonchev–Trinajstić information content (AvgIpc) is 2.55. The van der Waals surface area contributed by atoms with E-state index in [1.54, 1.807) is 0 Å². The van der Waals surface area contributed by atoms with Gasteiger partial charge in [0, 0.05) is 17.6 Å². The van der Waals surface area contributed by atoms with Crippen LogP contribution in [0.2, 0.25) is 0 Å². The van der Waals surface area contributed by atoms with Crippen LogP contribution in [0.1, 0.15) is 12.8 Å². The normalized spacial score (nSPS) is 13.3. The van der Waals surface area contributed by atoms with Crippen LogP contribution in [0.4, 0.5) is 0 Å². The Balaban J connectivity index is 4.80. The summed E-state index contributed by atoms with van der Waals surface area (Å²) in [5.74, 6) is -6.93. The van der Waals surface area contributed by atoms with Crippen molar-refractivity contribution < 1.29 is 44.4 Å². The maximum Gasteiger partial charge on any atom is 0.371 e. The van der Waals surface area contributed by atoms with Crippen LogP contribution in [0.25, 0.3) is 0 Å². The molecule has 0 spiro atoms. The van der Waals surface area contributed by atoms with E-state index in [1.807, 2.05) is 5.32 Å². The standard InChI is InChI=1S/C13H19N3O9S/c14-6(12(22)23)1-2-9(18)16-7(11(21)15-3-10(19)20)4-26-5-8(17)13(24)25/h5-7,17H,1-4,14H2,(H,15,21)(H,16,18)(H,19,20)(H,22,23)(H,24,25). The number of carbonyl (C=O) groups is 5. The molecule has 146 valence electrons. The minimum atomic E-state index is -1.59. The zero-order chi connectivity index (χ0) is 20.3. The molecule has 0 bridgehead atoms. The summed E-state index contributed by atoms with van der Waals surface area (Å²) in [5, 5.41) is 39.9. The van der Waals surface area contributed by atoms with Gasteiger partial charge in [0.1, 0.15) is 18.6 Å². The molecule has 0 aromatic heterocycles. The highest BCUT2D eigenvalue weighted by Gasteiger charge is 2.22. The van der Waals surface area contributed by atoms with Crippen LogP contribution >= 0.6 is 11.8 Å². The molecule has 8 N–H and O–H groups in total. The summed E-state index contributed by atoms with van der Waals surface area (Å²) in [7, 11) is 0. The molecule has 0 radical (unpaired) electrons. The minimum Gasteiger partial charge on any atom is -0.501 e. The van der Waals surface area contributed by atoms with Crippen molar-refractivity contribution in [2.45, 2.75) is 24.9 Å². The Kier molecular flexibility index (Phi) is 10.4. The molecular formula is C13H19N3O9S. The van der Waals surface area contributed by atoms with Gasteiger partial charge >= 0.3 is 17.9 Å². The number of carboxylic acids is 3. The lowest BCUT2D eigenvalue weighted by Crippen LogP contribution is -2.49. The number of hydrogen-bond acceptors (Lipinski definition) is 8. The van der Waals surface area contributed by atoms with Gasteiger partial charge in [0.15, 0.2) is 0 Å². The smallest absolute Gasteiger partial charge is 0.371 e. The number of thioether (sulfide) groups is 1. The molecule has 2 amide bonds. The van der Waals surface area contributed by atoms with E-state index < -0.39 is 54.1 Å². The van der Waals surface area contributed by atoms with E-state index >= 15 is 0 Å². The van der Waals surface area contributed by atoms with Crippen molar-refractivity contribution in [1.82, 2.24) is 10.6 Å². The fraction of sp³-hybridized carbons (Fsp3) is 0.462. The van der Waals surface area contributed by atoms with Gasteiger partial charge in [-0.3, -0.25) is 19.2 Å². The van der Waals surface area contributed by atoms with Crippen molar-refractivity contribution >= 4 is 41.5 Å². The number of nitrogens with one attached hydrogen (secondary N) is 2. The van der Waals surface area contributed by atoms with E-state index in [-0.39, 0.29) is 18.6 Å². The zero-order valence-electron chi connectivity index (χ0n) is 13.4. The third-order valence-corrected chi connectivity index (χ3v) is 3.66. The molecule has 0 fully saturated rings. The molecule has 0 saturated carbocycles. The SMILES string of the molecule is NC(CCC(=O)NC(CSC=C(O)C(=O)O)C(=O)NCC(=O)O)C(=O)O. The highest BCUT2D eigenvalue weighted by Crippen LogP contribution is 2.09. The number of aliphatic carboxylic acids is 3. The van der Waals surface area contributed by atoms with Gasteiger partial charge < -0.3 is 36.8 Å². The van der Waals surface area contributed by atoms with Crippen LogP contribution in [0.5, 0.6) is 0 Å². The molecule has 0 rings (SSSR count). The fourth-order valence-corrected chi connectivity index (χ4v) is 2.20. The Morgan fingerprint density at radius 2 is 1.69 bits per heavy atom. The summed E-state index contributed by atoms with van der Waals surface area (Å²) >= 11 is 0.697. The number of aliphatic hydroxyl groups excluding tert-OH is 1. The van der Waals surface area contributed by atoms with E-state index in [4.69, 9.17) is 26.2 Å². The number of hydrogen-bond donors (Lipinski definition) is 7. The van der Waals surface area contributed by atoms with Crippen molar-refractivity contribution in [3.05, 3.63) is 11.2 Å². The molecule has 0 aliphatic heterocycles. The van der Waals surface area contributed by atoms with Gasteiger partial charge in [-0.05, 0) is 6.42 Å². The third kappa shape index (κ3) is 10.1. The molecule has 0 saturated heterocycles. The van der Waals surface area contributed by atoms with Gasteiger partial charge in [-0.1, -0.05) is 0 Å². The van der Waals surface area contributed by atoms with Crippen LogP contribution in [-0.2, 0) is 24.0 Å². The third-order valence-electron chi connectivity index (χ3n) is 2.74. The molecule has 26 heavy (non-hydrogen) atoms. The Morgan fingerprint density at radius 3 is 2.19 bits per heavy atom. The summed E-state index contributed by atoms with van der Waals surface area (Å²) in [5.41, 5.74) is 5.26. The van der Waals surface area contributed by atoms with Crippen LogP contribution < -0.4 is 16.4 Å². The average molecular weight is 393 g/mol. The van der Waals surface area contributed by atoms with Crippen LogP contribution in [-0.4, -0.2) is 74.5 Å². The van der Waals surface area contributed by atoms with E-state index in [9.17, 15) is 24.0 Å². The summed E-state index contributed by atoms with van der Waals surface area (Å²) in [4.78, 5) is 55.3. The second-order valence-corrected chi connectivity index (χ2v) is 5.76. The summed E-state index contributed by atoms with van der Waals surface area (Å²) < 4.78 is 0. The molecule has 0 aliphatic carbocycles. The number of carboxylic acid groups (broad SMARTS) is 3. The summed E-state index contributed by atoms with van der Waals surface area (Å²) in [6, 6.07) is -2.50. The Labute approximate surface area is 151 Å². The molecular weight excluding hydrogens is 374 g/mol. The fourth-order valence-electron chi connectivity index (χ4n) is 1.42. The molecule has 13 heteroatoms. The van der Waals surface area contributed by atoms with Crippen molar-refractivity contribution in [3.63, 3.8) is 0 Å². The largest absolute Gasteiger partial charge is 0.501 e. The van der Waals surface area contributed by atoms with E-state index in [0.29, 0.717) is 11.8 Å². The minimum absolute atomic E-state index is 0.183. The van der Waals surface area contributed by atoms with Gasteiger partial charge in [0.25, 0.3) is 0 Å². The number of carbonyl (C=O) groups excluding carboxylic acids is 2. The summed E-state index contributed by atoms with van der Waals surface area (Å²) in [6.07, 6.45) is -0.478. The second-order valence-electron chi connectivity index (χ2n) is 4.86. The monoisotopic (exact) mass is 393 g/mol. The van der Waals surface area contributed by atoms with Crippen LogP contribution in [0.15, 0.2) is 11.2 Å². The number of aliphatic hydroxyl groups is 1. The lowest BCUT2D eigenvalue weighted by atomic mass is 10.1. The van der Waals surface area contributed by atoms with Gasteiger partial charge in [0.05, 0.1) is 0 Å². The van der Waals surface area contributed by atoms with Gasteiger partial charge in [-0.25, -0.2) is 4.79 Å². The molecule has 12 nitrogen and oxygen atoms in total. The Morgan fingerprint density at radius 1 is 1.08 bits per heavy atom. The maximum atomic E-state index is 11.9. The lowest BCUT2D eigenvalue weighted by molar-refractivity contribution is -0.139. The van der Waals surface area contributed by atoms with E-state index in [1.165, 1.54) is 0 Å². The predicted molar refractivity (Wildman–Crippen MR) is 88.2 cm³/mol. The molecule has 0 aliphatic rings. The first-order valence-electron chi connectivity index (χ1n) is 7.05. The number of amides is 2. The first-order chi connectivity index (χ1) is 12.0.